The van der Waals surface area contributed by atoms with Crippen molar-refractivity contribution >= 4 is 26.7 Å². The van der Waals surface area contributed by atoms with E-state index in [-0.39, 0.29) is 0 Å². The molecule has 0 fully saturated rings. The lowest BCUT2D eigenvalue weighted by Crippen LogP contribution is -2.45. The first-order chi connectivity index (χ1) is 11.6. The van der Waals surface area contributed by atoms with E-state index in [1.807, 2.05) is 41.3 Å². The van der Waals surface area contributed by atoms with Crippen molar-refractivity contribution in [2.45, 2.75) is 26.4 Å². The van der Waals surface area contributed by atoms with Crippen LogP contribution in [0.3, 0.4) is 0 Å². The van der Waals surface area contributed by atoms with E-state index >= 15 is 0 Å². The minimum absolute atomic E-state index is 0.345. The van der Waals surface area contributed by atoms with Gasteiger partial charge in [0.15, 0.2) is 0 Å². The minimum atomic E-state index is 0.345. The highest BCUT2D eigenvalue weighted by Crippen LogP contribution is 2.31. The van der Waals surface area contributed by atoms with Crippen LogP contribution in [0.25, 0.3) is 10.8 Å². The molecular weight excluding hydrogens is 366 g/mol. The Balaban J connectivity index is 1.94. The zero-order chi connectivity index (χ0) is 17.1. The summed E-state index contributed by atoms with van der Waals surface area (Å²) in [6.45, 7) is 4.86. The molecule has 0 aliphatic heterocycles. The number of nitrogens with zero attached hydrogens (tertiary/aromatic N) is 1. The lowest BCUT2D eigenvalue weighted by Gasteiger charge is -2.10. The van der Waals surface area contributed by atoms with E-state index in [1.54, 1.807) is 7.11 Å². The molecule has 3 rings (SSSR count). The van der Waals surface area contributed by atoms with Crippen molar-refractivity contribution in [3.8, 4) is 5.75 Å². The fourth-order valence-corrected chi connectivity index (χ4v) is 3.76. The van der Waals surface area contributed by atoms with Crippen LogP contribution in [0.5, 0.6) is 5.75 Å². The van der Waals surface area contributed by atoms with Crippen molar-refractivity contribution in [1.82, 2.24) is 0 Å². The molecule has 24 heavy (non-hydrogen) atoms. The molecule has 2 aromatic carbocycles. The van der Waals surface area contributed by atoms with Crippen LogP contribution in [0.2, 0.25) is 0 Å². The third-order valence-corrected chi connectivity index (χ3v) is 4.80. The summed E-state index contributed by atoms with van der Waals surface area (Å²) in [6.07, 6.45) is 2.00. The van der Waals surface area contributed by atoms with Gasteiger partial charge in [-0.1, -0.05) is 44.2 Å². The van der Waals surface area contributed by atoms with Gasteiger partial charge in [0.2, 0.25) is 6.20 Å². The Morgan fingerprint density at radius 2 is 1.83 bits per heavy atom. The van der Waals surface area contributed by atoms with E-state index in [0.29, 0.717) is 12.5 Å². The quantitative estimate of drug-likeness (QED) is 0.595. The zero-order valence-corrected chi connectivity index (χ0v) is 15.7. The number of ether oxygens (including phenoxy) is 1. The van der Waals surface area contributed by atoms with Gasteiger partial charge in [0.05, 0.1) is 9.86 Å². The van der Waals surface area contributed by atoms with Crippen molar-refractivity contribution in [2.75, 3.05) is 7.11 Å². The number of benzene rings is 2. The van der Waals surface area contributed by atoms with Gasteiger partial charge in [0, 0.05) is 16.0 Å². The Morgan fingerprint density at radius 1 is 1.08 bits per heavy atom. The van der Waals surface area contributed by atoms with Crippen LogP contribution in [0.1, 0.15) is 31.0 Å². The Morgan fingerprint density at radius 3 is 2.50 bits per heavy atom. The van der Waals surface area contributed by atoms with E-state index in [0.717, 1.165) is 32.3 Å². The molecule has 0 aliphatic carbocycles. The van der Waals surface area contributed by atoms with E-state index in [9.17, 15) is 0 Å². The van der Waals surface area contributed by atoms with Crippen molar-refractivity contribution in [3.05, 3.63) is 70.5 Å². The first-order valence-electron chi connectivity index (χ1n) is 7.99. The first-order valence-corrected chi connectivity index (χ1v) is 8.78. The molecule has 0 atom stereocenters. The molecule has 0 saturated carbocycles. The summed E-state index contributed by atoms with van der Waals surface area (Å²) < 4.78 is 8.80. The summed E-state index contributed by atoms with van der Waals surface area (Å²) in [4.78, 5) is 5.51. The average Bonchev–Trinajstić information content (AvgIpc) is 2.60. The lowest BCUT2D eigenvalue weighted by molar-refractivity contribution is -0.890. The smallest absolute Gasteiger partial charge is 0.251 e. The number of aromatic nitrogens is 1. The van der Waals surface area contributed by atoms with E-state index in [1.165, 1.54) is 0 Å². The first kappa shape index (κ1) is 16.8. The molecule has 124 valence electrons. The Labute approximate surface area is 150 Å². The lowest BCUT2D eigenvalue weighted by atomic mass is 10.1. The second-order valence-corrected chi connectivity index (χ2v) is 6.81. The Kier molecular flexibility index (Phi) is 5.05. The van der Waals surface area contributed by atoms with Gasteiger partial charge in [0.1, 0.15) is 19.5 Å². The largest absolute Gasteiger partial charge is 0.489 e. The van der Waals surface area contributed by atoms with Crippen molar-refractivity contribution in [2.24, 2.45) is 0 Å². The topological polar surface area (TPSA) is 22.3 Å². The van der Waals surface area contributed by atoms with Gasteiger partial charge < -0.3 is 4.74 Å². The fourth-order valence-electron chi connectivity index (χ4n) is 2.77. The standard InChI is InChI=1S/C20H21BrNO2/c1-14(2)20-19(21)18-10-9-17(11-16(18)12-22(20)23-3)24-13-15-7-5-4-6-8-15/h4-12,14H,13H2,1-3H3/q+1. The number of hydrogen-bond acceptors (Lipinski definition) is 2. The van der Waals surface area contributed by atoms with E-state index in [4.69, 9.17) is 9.57 Å². The molecule has 0 aliphatic rings. The summed E-state index contributed by atoms with van der Waals surface area (Å²) in [5.41, 5.74) is 2.27. The number of fused-ring (bicyclic) bond motifs is 1. The molecule has 3 aromatic rings. The Hall–Kier alpha value is -2.07. The third-order valence-electron chi connectivity index (χ3n) is 3.97. The highest BCUT2D eigenvalue weighted by molar-refractivity contribution is 9.10. The molecule has 4 heteroatoms. The normalized spacial score (nSPS) is 11.0. The molecule has 1 aromatic heterocycles. The van der Waals surface area contributed by atoms with Crippen LogP contribution < -0.4 is 14.3 Å². The van der Waals surface area contributed by atoms with Crippen LogP contribution >= 0.6 is 15.9 Å². The maximum atomic E-state index is 5.93. The van der Waals surface area contributed by atoms with Crippen LogP contribution in [-0.2, 0) is 6.61 Å². The third kappa shape index (κ3) is 3.39. The van der Waals surface area contributed by atoms with Gasteiger partial charge in [-0.3, -0.25) is 4.84 Å². The summed E-state index contributed by atoms with van der Waals surface area (Å²) in [5, 5.41) is 2.22. The summed E-state index contributed by atoms with van der Waals surface area (Å²) >= 11 is 3.73. The fraction of sp³-hybridized carbons (Fsp3) is 0.250. The maximum Gasteiger partial charge on any atom is 0.251 e. The highest BCUT2D eigenvalue weighted by atomic mass is 79.9. The van der Waals surface area contributed by atoms with Gasteiger partial charge in [-0.15, -0.1) is 0 Å². The van der Waals surface area contributed by atoms with Crippen molar-refractivity contribution < 1.29 is 14.3 Å². The monoisotopic (exact) mass is 386 g/mol. The van der Waals surface area contributed by atoms with Crippen molar-refractivity contribution in [1.29, 1.82) is 0 Å². The molecule has 0 spiro atoms. The second-order valence-electron chi connectivity index (χ2n) is 6.01. The molecule has 0 bridgehead atoms. The van der Waals surface area contributed by atoms with Gasteiger partial charge >= 0.3 is 0 Å². The molecule has 1 heterocycles. The summed E-state index contributed by atoms with van der Waals surface area (Å²) in [7, 11) is 1.68. The van der Waals surface area contributed by atoms with Gasteiger partial charge in [0.25, 0.3) is 5.69 Å². The molecule has 0 unspecified atom stereocenters. The average molecular weight is 387 g/mol. The molecule has 0 N–H and O–H groups in total. The molecule has 0 amide bonds. The second kappa shape index (κ2) is 7.22. The maximum absolute atomic E-state index is 5.93. The predicted molar refractivity (Wildman–Crippen MR) is 99.2 cm³/mol. The molecule has 0 radical (unpaired) electrons. The minimum Gasteiger partial charge on any atom is -0.489 e. The van der Waals surface area contributed by atoms with E-state index in [2.05, 4.69) is 48.0 Å². The van der Waals surface area contributed by atoms with E-state index < -0.39 is 0 Å². The zero-order valence-electron chi connectivity index (χ0n) is 14.1. The van der Waals surface area contributed by atoms with Gasteiger partial charge in [-0.25, -0.2) is 0 Å². The molecule has 0 saturated heterocycles. The van der Waals surface area contributed by atoms with Crippen LogP contribution in [0, 0.1) is 0 Å². The molecule has 3 nitrogen and oxygen atoms in total. The number of halogens is 1. The van der Waals surface area contributed by atoms with Crippen LogP contribution in [0.15, 0.2) is 59.2 Å². The van der Waals surface area contributed by atoms with Gasteiger partial charge in [-0.2, -0.15) is 0 Å². The number of rotatable bonds is 5. The van der Waals surface area contributed by atoms with Crippen LogP contribution in [-0.4, -0.2) is 7.11 Å². The highest BCUT2D eigenvalue weighted by Gasteiger charge is 2.23. The summed E-state index contributed by atoms with van der Waals surface area (Å²) in [6, 6.07) is 16.3. The Bertz CT molecular complexity index is 847. The number of hydrogen-bond donors (Lipinski definition) is 0. The summed E-state index contributed by atoms with van der Waals surface area (Å²) in [5.74, 6) is 1.19. The SMILES string of the molecule is CO[n+]1cc2cc(OCc3ccccc3)ccc2c(Br)c1C(C)C. The molecular formula is C20H21BrNO2+. The van der Waals surface area contributed by atoms with Crippen molar-refractivity contribution in [3.63, 3.8) is 0 Å². The van der Waals surface area contributed by atoms with Crippen LogP contribution in [0.4, 0.5) is 0 Å². The number of pyridine rings is 1. The van der Waals surface area contributed by atoms with Gasteiger partial charge in [-0.05, 0) is 39.7 Å². The predicted octanol–water partition coefficient (Wildman–Crippen LogP) is 4.65.